The second kappa shape index (κ2) is 21.2. The van der Waals surface area contributed by atoms with Gasteiger partial charge in [-0.3, -0.25) is 24.1 Å². The molecule has 0 spiro atoms. The number of rotatable bonds is 19. The lowest BCUT2D eigenvalue weighted by molar-refractivity contribution is -0.145. The Balaban J connectivity index is 2.12. The van der Waals surface area contributed by atoms with Crippen LogP contribution in [0.15, 0.2) is 30.3 Å². The van der Waals surface area contributed by atoms with Gasteiger partial charge in [0, 0.05) is 41.4 Å². The molecule has 2 rings (SSSR count). The summed E-state index contributed by atoms with van der Waals surface area (Å²) in [5.74, 6) is -1.86. The number of likely N-dealkylation sites (tertiary alicyclic amines) is 1. The van der Waals surface area contributed by atoms with Gasteiger partial charge in [-0.15, -0.1) is 0 Å². The van der Waals surface area contributed by atoms with Crippen molar-refractivity contribution in [2.45, 2.75) is 123 Å². The van der Waals surface area contributed by atoms with Gasteiger partial charge >= 0.3 is 6.09 Å². The molecule has 13 heteroatoms. The van der Waals surface area contributed by atoms with Gasteiger partial charge in [0.1, 0.15) is 11.6 Å². The van der Waals surface area contributed by atoms with E-state index < -0.39 is 47.8 Å². The molecule has 5 amide bonds. The molecule has 0 radical (unpaired) electrons. The maximum absolute atomic E-state index is 14.0. The van der Waals surface area contributed by atoms with E-state index in [1.165, 1.54) is 19.1 Å². The lowest BCUT2D eigenvalue weighted by Gasteiger charge is -2.39. The zero-order chi connectivity index (χ0) is 40.0. The van der Waals surface area contributed by atoms with Crippen LogP contribution in [0.25, 0.3) is 0 Å². The SMILES string of the molecule is CCC(C)C(C(CC(=O)N1CCCC1C(OC)C(C)C(=O)NCCc1ccccc1)OC)N(C)C(=O)CNC(=O)C(C(C)C)N(C)C(=O)OC(C)(C)C. The summed E-state index contributed by atoms with van der Waals surface area (Å²) in [6.45, 7) is 15.5. The maximum Gasteiger partial charge on any atom is 0.410 e. The summed E-state index contributed by atoms with van der Waals surface area (Å²) in [6.07, 6.45) is 1.18. The van der Waals surface area contributed by atoms with Crippen molar-refractivity contribution >= 4 is 29.7 Å². The second-order valence-corrected chi connectivity index (χ2v) is 15.7. The van der Waals surface area contributed by atoms with Gasteiger partial charge in [-0.25, -0.2) is 4.79 Å². The number of nitrogens with one attached hydrogen (secondary N) is 2. The lowest BCUT2D eigenvalue weighted by atomic mass is 9.90. The number of hydrogen-bond donors (Lipinski definition) is 2. The molecule has 1 aromatic rings. The van der Waals surface area contributed by atoms with E-state index >= 15 is 0 Å². The van der Waals surface area contributed by atoms with Crippen LogP contribution in [0.1, 0.15) is 86.6 Å². The Morgan fingerprint density at radius 3 is 2.11 bits per heavy atom. The molecule has 53 heavy (non-hydrogen) atoms. The number of ether oxygens (including phenoxy) is 3. The van der Waals surface area contributed by atoms with Crippen LogP contribution in [0.3, 0.4) is 0 Å². The highest BCUT2D eigenvalue weighted by atomic mass is 16.6. The zero-order valence-corrected chi connectivity index (χ0v) is 34.3. The first kappa shape index (κ1) is 45.4. The first-order chi connectivity index (χ1) is 24.9. The Hall–Kier alpha value is -3.71. The lowest BCUT2D eigenvalue weighted by Crippen LogP contribution is -2.56. The van der Waals surface area contributed by atoms with Crippen LogP contribution in [0.4, 0.5) is 4.79 Å². The summed E-state index contributed by atoms with van der Waals surface area (Å²) in [4.78, 5) is 71.5. The number of benzene rings is 1. The second-order valence-electron chi connectivity index (χ2n) is 15.7. The predicted molar refractivity (Wildman–Crippen MR) is 205 cm³/mol. The molecule has 300 valence electrons. The van der Waals surface area contributed by atoms with Gasteiger partial charge in [-0.05, 0) is 57.4 Å². The minimum Gasteiger partial charge on any atom is -0.444 e. The Labute approximate surface area is 317 Å². The van der Waals surface area contributed by atoms with Gasteiger partial charge in [0.05, 0.1) is 43.2 Å². The number of nitrogens with zero attached hydrogens (tertiary/aromatic N) is 3. The summed E-state index contributed by atoms with van der Waals surface area (Å²) in [6, 6.07) is 8.34. The van der Waals surface area contributed by atoms with E-state index in [4.69, 9.17) is 14.2 Å². The molecule has 2 N–H and O–H groups in total. The average molecular weight is 746 g/mol. The fourth-order valence-corrected chi connectivity index (χ4v) is 7.23. The van der Waals surface area contributed by atoms with Crippen molar-refractivity contribution in [1.82, 2.24) is 25.3 Å². The molecule has 7 atom stereocenters. The molecule has 1 heterocycles. The molecule has 1 aliphatic rings. The average Bonchev–Trinajstić information content (AvgIpc) is 3.59. The molecular weight excluding hydrogens is 678 g/mol. The molecule has 1 aliphatic heterocycles. The Bertz CT molecular complexity index is 1340. The third-order valence-electron chi connectivity index (χ3n) is 10.3. The summed E-state index contributed by atoms with van der Waals surface area (Å²) >= 11 is 0. The summed E-state index contributed by atoms with van der Waals surface area (Å²) in [5, 5.41) is 5.75. The highest BCUT2D eigenvalue weighted by molar-refractivity contribution is 5.89. The van der Waals surface area contributed by atoms with Crippen molar-refractivity contribution in [3.63, 3.8) is 0 Å². The largest absolute Gasteiger partial charge is 0.444 e. The highest BCUT2D eigenvalue weighted by Crippen LogP contribution is 2.29. The van der Waals surface area contributed by atoms with Crippen molar-refractivity contribution in [1.29, 1.82) is 0 Å². The molecule has 7 unspecified atom stereocenters. The third-order valence-corrected chi connectivity index (χ3v) is 10.3. The van der Waals surface area contributed by atoms with E-state index in [2.05, 4.69) is 10.6 Å². The monoisotopic (exact) mass is 745 g/mol. The van der Waals surface area contributed by atoms with Crippen LogP contribution in [0, 0.1) is 17.8 Å². The van der Waals surface area contributed by atoms with Crippen LogP contribution >= 0.6 is 0 Å². The van der Waals surface area contributed by atoms with E-state index in [1.807, 2.05) is 65.0 Å². The topological polar surface area (TPSA) is 147 Å². The summed E-state index contributed by atoms with van der Waals surface area (Å²) < 4.78 is 17.3. The number of carbonyl (C=O) groups is 5. The van der Waals surface area contributed by atoms with Crippen LogP contribution in [-0.2, 0) is 39.8 Å². The molecule has 13 nitrogen and oxygen atoms in total. The molecule has 1 saturated heterocycles. The number of hydrogen-bond acceptors (Lipinski definition) is 8. The van der Waals surface area contributed by atoms with E-state index in [-0.39, 0.29) is 48.6 Å². The first-order valence-electron chi connectivity index (χ1n) is 19.0. The van der Waals surface area contributed by atoms with Crippen molar-refractivity contribution in [3.8, 4) is 0 Å². The van der Waals surface area contributed by atoms with Gasteiger partial charge in [-0.1, -0.05) is 71.4 Å². The fourth-order valence-electron chi connectivity index (χ4n) is 7.23. The standard InChI is InChI=1S/C40H67N5O8/c1-13-27(4)35(43(9)33(47)25-42-38(49)34(26(2)3)44(10)39(50)53-40(6,7)8)31(51-11)24-32(46)45-23-17-20-30(45)36(52-12)28(5)37(48)41-22-21-29-18-15-14-16-19-29/h14-16,18-19,26-28,30-31,34-36H,13,17,20-25H2,1-12H3,(H,41,48)(H,42,49). The molecular formula is C40H67N5O8. The van der Waals surface area contributed by atoms with Crippen LogP contribution in [-0.4, -0.2) is 128 Å². The number of carbonyl (C=O) groups excluding carboxylic acids is 5. The van der Waals surface area contributed by atoms with Crippen LogP contribution < -0.4 is 10.6 Å². The number of methoxy groups -OCH3 is 2. The summed E-state index contributed by atoms with van der Waals surface area (Å²) in [5.41, 5.74) is 0.408. The maximum atomic E-state index is 14.0. The molecule has 1 aromatic carbocycles. The normalized spacial score (nSPS) is 18.0. The number of amides is 5. The Kier molecular flexibility index (Phi) is 18.2. The Morgan fingerprint density at radius 2 is 1.57 bits per heavy atom. The molecule has 0 bridgehead atoms. The quantitative estimate of drug-likeness (QED) is 0.214. The van der Waals surface area contributed by atoms with Crippen LogP contribution in [0.2, 0.25) is 0 Å². The third kappa shape index (κ3) is 13.3. The molecule has 0 aliphatic carbocycles. The number of likely N-dealkylation sites (N-methyl/N-ethyl adjacent to an activating group) is 2. The predicted octanol–water partition coefficient (Wildman–Crippen LogP) is 4.27. The first-order valence-corrected chi connectivity index (χ1v) is 19.0. The highest BCUT2D eigenvalue weighted by Gasteiger charge is 2.42. The van der Waals surface area contributed by atoms with E-state index in [0.29, 0.717) is 32.4 Å². The van der Waals surface area contributed by atoms with Gasteiger partial charge in [0.2, 0.25) is 23.6 Å². The molecule has 0 saturated carbocycles. The fraction of sp³-hybridized carbons (Fsp3) is 0.725. The van der Waals surface area contributed by atoms with Crippen molar-refractivity contribution in [2.75, 3.05) is 47.9 Å². The smallest absolute Gasteiger partial charge is 0.410 e. The minimum absolute atomic E-state index is 0.0240. The van der Waals surface area contributed by atoms with Crippen molar-refractivity contribution in [2.24, 2.45) is 17.8 Å². The van der Waals surface area contributed by atoms with Gasteiger partial charge in [0.15, 0.2) is 0 Å². The van der Waals surface area contributed by atoms with Gasteiger partial charge in [0.25, 0.3) is 0 Å². The van der Waals surface area contributed by atoms with E-state index in [0.717, 1.165) is 12.0 Å². The van der Waals surface area contributed by atoms with Crippen molar-refractivity contribution in [3.05, 3.63) is 35.9 Å². The minimum atomic E-state index is -0.856. The van der Waals surface area contributed by atoms with Crippen molar-refractivity contribution < 1.29 is 38.2 Å². The zero-order valence-electron chi connectivity index (χ0n) is 34.3. The van der Waals surface area contributed by atoms with E-state index in [9.17, 15) is 24.0 Å². The summed E-state index contributed by atoms with van der Waals surface area (Å²) in [7, 11) is 6.28. The van der Waals surface area contributed by atoms with Gasteiger partial charge in [-0.2, -0.15) is 0 Å². The molecule has 0 aromatic heterocycles. The molecule has 1 fully saturated rings. The van der Waals surface area contributed by atoms with Gasteiger partial charge < -0.3 is 34.6 Å². The van der Waals surface area contributed by atoms with Crippen LogP contribution in [0.5, 0.6) is 0 Å². The Morgan fingerprint density at radius 1 is 0.925 bits per heavy atom. The van der Waals surface area contributed by atoms with E-state index in [1.54, 1.807) is 44.7 Å².